The molecule has 0 aromatic heterocycles. The van der Waals surface area contributed by atoms with E-state index in [2.05, 4.69) is 0 Å². The summed E-state index contributed by atoms with van der Waals surface area (Å²) in [7, 11) is 0. The summed E-state index contributed by atoms with van der Waals surface area (Å²) < 4.78 is 34.2. The van der Waals surface area contributed by atoms with Crippen LogP contribution in [0.5, 0.6) is 0 Å². The van der Waals surface area contributed by atoms with Crippen LogP contribution in [0.25, 0.3) is 0 Å². The Morgan fingerprint density at radius 2 is 1.45 bits per heavy atom. The lowest BCUT2D eigenvalue weighted by molar-refractivity contribution is -0.354. The van der Waals surface area contributed by atoms with Crippen molar-refractivity contribution in [1.82, 2.24) is 0 Å². The zero-order valence-electron chi connectivity index (χ0n) is 18.5. The average Bonchev–Trinajstić information content (AvgIpc) is 3.14. The first-order chi connectivity index (χ1) is 15.7. The fourth-order valence-electron chi connectivity index (χ4n) is 4.38. The van der Waals surface area contributed by atoms with Gasteiger partial charge in [0.25, 0.3) is 0 Å². The summed E-state index contributed by atoms with van der Waals surface area (Å²) in [6, 6.07) is 9.21. The molecular weight excluding hydrogens is 440 g/mol. The van der Waals surface area contributed by atoms with Crippen LogP contribution in [-0.4, -0.2) is 106 Å². The molecule has 0 saturated carbocycles. The molecule has 10 atom stereocenters. The topological polar surface area (TPSA) is 157 Å². The number of aliphatic hydroxyl groups is 5. The lowest BCUT2D eigenvalue weighted by Crippen LogP contribution is -2.64. The lowest BCUT2D eigenvalue weighted by Gasteiger charge is -2.45. The van der Waals surface area contributed by atoms with Gasteiger partial charge in [0.2, 0.25) is 0 Å². The molecule has 4 rings (SSSR count). The molecule has 0 bridgehead atoms. The number of rotatable bonds is 7. The molecule has 3 heterocycles. The predicted octanol–water partition coefficient (Wildman–Crippen LogP) is -1.37. The van der Waals surface area contributed by atoms with Crippen molar-refractivity contribution in [2.75, 3.05) is 13.2 Å². The van der Waals surface area contributed by atoms with E-state index in [1.807, 2.05) is 30.3 Å². The van der Waals surface area contributed by atoms with E-state index in [0.29, 0.717) is 0 Å². The third-order valence-corrected chi connectivity index (χ3v) is 6.00. The van der Waals surface area contributed by atoms with E-state index < -0.39 is 80.4 Å². The zero-order chi connectivity index (χ0) is 23.8. The normalized spacial score (nSPS) is 42.8. The van der Waals surface area contributed by atoms with Crippen LogP contribution in [0.15, 0.2) is 30.3 Å². The second-order valence-electron chi connectivity index (χ2n) is 8.88. The minimum atomic E-state index is -1.52. The molecule has 11 heteroatoms. The second-order valence-corrected chi connectivity index (χ2v) is 8.88. The standard InChI is InChI=1S/C22H32O11/c1-22(2)32-18-13(9-24)30-21(16(27)19(18)33-22)31-17-12(8-23)29-20(15(26)14(17)25)28-10-11-6-4-3-5-7-11/h3-7,12-21,23-27H,8-10H2,1-2H3/t12-,13-,14-,15-,16-,17-,18+,19-,20-,21+/m1/s1. The molecule has 0 unspecified atom stereocenters. The fourth-order valence-corrected chi connectivity index (χ4v) is 4.38. The SMILES string of the molecule is CC1(C)O[C@@H]2[C@@H](O)[C@H](O[C@H]3[C@H](O)[C@@H](O)[C@H](OCc4ccccc4)O[C@@H]3CO)O[C@H](CO)[C@@H]2O1. The van der Waals surface area contributed by atoms with Gasteiger partial charge in [-0.1, -0.05) is 30.3 Å². The Labute approximate surface area is 191 Å². The van der Waals surface area contributed by atoms with Crippen molar-refractivity contribution in [3.8, 4) is 0 Å². The summed E-state index contributed by atoms with van der Waals surface area (Å²) in [5.41, 5.74) is 0.840. The van der Waals surface area contributed by atoms with Crippen molar-refractivity contribution in [3.63, 3.8) is 0 Å². The van der Waals surface area contributed by atoms with E-state index in [-0.39, 0.29) is 6.61 Å². The summed E-state index contributed by atoms with van der Waals surface area (Å²) in [5, 5.41) is 51.6. The Morgan fingerprint density at radius 1 is 0.818 bits per heavy atom. The molecular formula is C22H32O11. The number of hydrogen-bond donors (Lipinski definition) is 5. The van der Waals surface area contributed by atoms with Crippen LogP contribution in [0.1, 0.15) is 19.4 Å². The number of benzene rings is 1. The van der Waals surface area contributed by atoms with Crippen LogP contribution in [0.4, 0.5) is 0 Å². The highest BCUT2D eigenvalue weighted by atomic mass is 16.8. The molecule has 1 aromatic carbocycles. The molecule has 1 aromatic rings. The first kappa shape index (κ1) is 24.9. The van der Waals surface area contributed by atoms with Gasteiger partial charge in [-0.25, -0.2) is 0 Å². The Bertz CT molecular complexity index is 760. The maximum absolute atomic E-state index is 10.8. The van der Waals surface area contributed by atoms with Gasteiger partial charge in [0.1, 0.15) is 48.8 Å². The molecule has 0 amide bonds. The van der Waals surface area contributed by atoms with Crippen molar-refractivity contribution in [3.05, 3.63) is 35.9 Å². The van der Waals surface area contributed by atoms with Gasteiger partial charge < -0.3 is 54.0 Å². The van der Waals surface area contributed by atoms with Gasteiger partial charge in [-0.3, -0.25) is 0 Å². The van der Waals surface area contributed by atoms with Gasteiger partial charge >= 0.3 is 0 Å². The molecule has 3 saturated heterocycles. The summed E-state index contributed by atoms with van der Waals surface area (Å²) in [6.45, 7) is 2.50. The van der Waals surface area contributed by atoms with E-state index >= 15 is 0 Å². The molecule has 33 heavy (non-hydrogen) atoms. The van der Waals surface area contributed by atoms with Crippen molar-refractivity contribution in [1.29, 1.82) is 0 Å². The molecule has 3 aliphatic heterocycles. The number of aliphatic hydroxyl groups excluding tert-OH is 5. The van der Waals surface area contributed by atoms with Gasteiger partial charge in [-0.05, 0) is 19.4 Å². The van der Waals surface area contributed by atoms with Crippen LogP contribution in [0.2, 0.25) is 0 Å². The number of fused-ring (bicyclic) bond motifs is 1. The van der Waals surface area contributed by atoms with Gasteiger partial charge in [0.05, 0.1) is 19.8 Å². The highest BCUT2D eigenvalue weighted by Crippen LogP contribution is 2.38. The summed E-state index contributed by atoms with van der Waals surface area (Å²) in [6.07, 6.45) is -11.6. The van der Waals surface area contributed by atoms with Crippen LogP contribution in [-0.2, 0) is 35.0 Å². The first-order valence-corrected chi connectivity index (χ1v) is 11.0. The third-order valence-electron chi connectivity index (χ3n) is 6.00. The van der Waals surface area contributed by atoms with Crippen molar-refractivity contribution in [2.24, 2.45) is 0 Å². The van der Waals surface area contributed by atoms with Crippen LogP contribution in [0, 0.1) is 0 Å². The Balaban J connectivity index is 1.43. The summed E-state index contributed by atoms with van der Waals surface area (Å²) >= 11 is 0. The van der Waals surface area contributed by atoms with E-state index in [1.165, 1.54) is 0 Å². The monoisotopic (exact) mass is 472 g/mol. The maximum Gasteiger partial charge on any atom is 0.187 e. The number of hydrogen-bond acceptors (Lipinski definition) is 11. The molecule has 186 valence electrons. The van der Waals surface area contributed by atoms with Gasteiger partial charge in [-0.15, -0.1) is 0 Å². The van der Waals surface area contributed by atoms with Crippen molar-refractivity contribution in [2.45, 2.75) is 87.7 Å². The third kappa shape index (κ3) is 5.24. The largest absolute Gasteiger partial charge is 0.394 e. The van der Waals surface area contributed by atoms with E-state index in [9.17, 15) is 25.5 Å². The van der Waals surface area contributed by atoms with E-state index in [0.717, 1.165) is 5.56 Å². The minimum Gasteiger partial charge on any atom is -0.394 e. The summed E-state index contributed by atoms with van der Waals surface area (Å²) in [4.78, 5) is 0. The van der Waals surface area contributed by atoms with Crippen LogP contribution in [0.3, 0.4) is 0 Å². The van der Waals surface area contributed by atoms with E-state index in [4.69, 9.17) is 28.4 Å². The van der Waals surface area contributed by atoms with Gasteiger partial charge in [-0.2, -0.15) is 0 Å². The van der Waals surface area contributed by atoms with Crippen LogP contribution >= 0.6 is 0 Å². The Kier molecular flexibility index (Phi) is 7.68. The van der Waals surface area contributed by atoms with Crippen LogP contribution < -0.4 is 0 Å². The molecule has 0 aliphatic carbocycles. The Morgan fingerprint density at radius 3 is 2.12 bits per heavy atom. The molecule has 0 radical (unpaired) electrons. The maximum atomic E-state index is 10.8. The lowest BCUT2D eigenvalue weighted by atomic mass is 9.97. The molecule has 3 aliphatic rings. The van der Waals surface area contributed by atoms with Crippen molar-refractivity contribution >= 4 is 0 Å². The molecule has 3 fully saturated rings. The quantitative estimate of drug-likeness (QED) is 0.319. The highest BCUT2D eigenvalue weighted by molar-refractivity contribution is 5.13. The smallest absolute Gasteiger partial charge is 0.187 e. The molecule has 5 N–H and O–H groups in total. The van der Waals surface area contributed by atoms with Crippen molar-refractivity contribution < 1.29 is 54.0 Å². The molecule has 0 spiro atoms. The zero-order valence-corrected chi connectivity index (χ0v) is 18.5. The predicted molar refractivity (Wildman–Crippen MR) is 109 cm³/mol. The second kappa shape index (κ2) is 10.2. The van der Waals surface area contributed by atoms with Gasteiger partial charge in [0.15, 0.2) is 18.4 Å². The highest BCUT2D eigenvalue weighted by Gasteiger charge is 2.56. The van der Waals surface area contributed by atoms with Gasteiger partial charge in [0, 0.05) is 0 Å². The summed E-state index contributed by atoms with van der Waals surface area (Å²) in [5.74, 6) is -0.997. The van der Waals surface area contributed by atoms with E-state index in [1.54, 1.807) is 13.8 Å². The Hall–Kier alpha value is -1.22. The minimum absolute atomic E-state index is 0.123. The average molecular weight is 472 g/mol. The fraction of sp³-hybridized carbons (Fsp3) is 0.727. The first-order valence-electron chi connectivity index (χ1n) is 11.0. The number of ether oxygens (including phenoxy) is 6. The molecule has 11 nitrogen and oxygen atoms in total.